The lowest BCUT2D eigenvalue weighted by Crippen LogP contribution is -2.26. The van der Waals surface area contributed by atoms with Crippen LogP contribution in [0.15, 0.2) is 60.9 Å². The van der Waals surface area contributed by atoms with Crippen molar-refractivity contribution in [2.24, 2.45) is 0 Å². The van der Waals surface area contributed by atoms with E-state index < -0.39 is 0 Å². The lowest BCUT2D eigenvalue weighted by atomic mass is 10.0. The molecular formula is C26H23N5O. The first kappa shape index (κ1) is 18.8. The normalized spacial score (nSPS) is 13.8. The van der Waals surface area contributed by atoms with Crippen LogP contribution in [0.4, 0.5) is 5.82 Å². The van der Waals surface area contributed by atoms with Crippen molar-refractivity contribution in [1.29, 1.82) is 0 Å². The molecule has 0 unspecified atom stereocenters. The number of H-pyrrole nitrogens is 1. The summed E-state index contributed by atoms with van der Waals surface area (Å²) in [6.07, 6.45) is 1.65. The molecule has 0 saturated carbocycles. The highest BCUT2D eigenvalue weighted by Crippen LogP contribution is 2.33. The van der Waals surface area contributed by atoms with E-state index in [1.54, 1.807) is 6.33 Å². The summed E-state index contributed by atoms with van der Waals surface area (Å²) >= 11 is 0. The SMILES string of the molecule is Cc1ccc2ncnc(N3CCOc4ccc(-c5ccc6nc(C)[nH]c6c5)cc4C3)c2c1. The number of hydrogen-bond donors (Lipinski definition) is 1. The highest BCUT2D eigenvalue weighted by molar-refractivity contribution is 5.90. The van der Waals surface area contributed by atoms with Gasteiger partial charge < -0.3 is 14.6 Å². The van der Waals surface area contributed by atoms with E-state index in [-0.39, 0.29) is 0 Å². The Morgan fingerprint density at radius 2 is 1.75 bits per heavy atom. The Morgan fingerprint density at radius 3 is 2.69 bits per heavy atom. The molecule has 0 saturated heterocycles. The fraction of sp³-hybridized carbons (Fsp3) is 0.192. The molecule has 0 amide bonds. The third-order valence-electron chi connectivity index (χ3n) is 6.04. The summed E-state index contributed by atoms with van der Waals surface area (Å²) in [5, 5.41) is 1.08. The molecule has 158 valence electrons. The maximum Gasteiger partial charge on any atom is 0.140 e. The molecule has 5 aromatic rings. The van der Waals surface area contributed by atoms with E-state index in [1.165, 1.54) is 5.56 Å². The van der Waals surface area contributed by atoms with Gasteiger partial charge in [-0.1, -0.05) is 23.8 Å². The number of anilines is 1. The molecule has 0 fully saturated rings. The summed E-state index contributed by atoms with van der Waals surface area (Å²) in [6.45, 7) is 6.19. The summed E-state index contributed by atoms with van der Waals surface area (Å²) < 4.78 is 6.10. The zero-order chi connectivity index (χ0) is 21.7. The minimum Gasteiger partial charge on any atom is -0.491 e. The van der Waals surface area contributed by atoms with Gasteiger partial charge in [-0.15, -0.1) is 0 Å². The number of nitrogens with zero attached hydrogens (tertiary/aromatic N) is 4. The number of fused-ring (bicyclic) bond motifs is 3. The fourth-order valence-corrected chi connectivity index (χ4v) is 4.48. The second-order valence-electron chi connectivity index (χ2n) is 8.36. The molecule has 2 aromatic heterocycles. The van der Waals surface area contributed by atoms with Crippen LogP contribution in [0.1, 0.15) is 17.0 Å². The zero-order valence-electron chi connectivity index (χ0n) is 18.1. The van der Waals surface area contributed by atoms with Crippen molar-refractivity contribution in [2.75, 3.05) is 18.1 Å². The first-order valence-electron chi connectivity index (χ1n) is 10.8. The van der Waals surface area contributed by atoms with Gasteiger partial charge in [0, 0.05) is 17.5 Å². The molecule has 1 aliphatic rings. The van der Waals surface area contributed by atoms with Gasteiger partial charge in [0.2, 0.25) is 0 Å². The summed E-state index contributed by atoms with van der Waals surface area (Å²) in [5.74, 6) is 2.81. The molecule has 0 radical (unpaired) electrons. The van der Waals surface area contributed by atoms with Gasteiger partial charge in [-0.05, 0) is 61.4 Å². The topological polar surface area (TPSA) is 66.9 Å². The molecule has 0 bridgehead atoms. The Morgan fingerprint density at radius 1 is 0.906 bits per heavy atom. The van der Waals surface area contributed by atoms with Crippen molar-refractivity contribution in [3.63, 3.8) is 0 Å². The maximum atomic E-state index is 6.10. The third kappa shape index (κ3) is 3.24. The van der Waals surface area contributed by atoms with Gasteiger partial charge in [-0.2, -0.15) is 0 Å². The first-order chi connectivity index (χ1) is 15.6. The average Bonchev–Trinajstić information content (AvgIpc) is 3.04. The van der Waals surface area contributed by atoms with Crippen LogP contribution >= 0.6 is 0 Å². The Hall–Kier alpha value is -3.93. The van der Waals surface area contributed by atoms with Crippen LogP contribution in [0.25, 0.3) is 33.1 Å². The van der Waals surface area contributed by atoms with Crippen molar-refractivity contribution in [3.8, 4) is 16.9 Å². The minimum atomic E-state index is 0.614. The molecule has 3 aromatic carbocycles. The summed E-state index contributed by atoms with van der Waals surface area (Å²) in [6, 6.07) is 19.1. The lowest BCUT2D eigenvalue weighted by molar-refractivity contribution is 0.331. The van der Waals surface area contributed by atoms with E-state index >= 15 is 0 Å². The number of benzene rings is 3. The van der Waals surface area contributed by atoms with E-state index in [4.69, 9.17) is 4.74 Å². The number of aromatic amines is 1. The van der Waals surface area contributed by atoms with Crippen molar-refractivity contribution in [2.45, 2.75) is 20.4 Å². The Kier molecular flexibility index (Phi) is 4.31. The molecule has 0 aliphatic carbocycles. The molecule has 3 heterocycles. The maximum absolute atomic E-state index is 6.10. The summed E-state index contributed by atoms with van der Waals surface area (Å²) in [7, 11) is 0. The monoisotopic (exact) mass is 421 g/mol. The number of nitrogens with one attached hydrogen (secondary N) is 1. The highest BCUT2D eigenvalue weighted by atomic mass is 16.5. The van der Waals surface area contributed by atoms with E-state index in [0.29, 0.717) is 6.61 Å². The van der Waals surface area contributed by atoms with Gasteiger partial charge in [0.05, 0.1) is 23.1 Å². The van der Waals surface area contributed by atoms with Crippen molar-refractivity contribution in [3.05, 3.63) is 77.9 Å². The fourth-order valence-electron chi connectivity index (χ4n) is 4.48. The Balaban J connectivity index is 1.40. The van der Waals surface area contributed by atoms with Gasteiger partial charge in [-0.3, -0.25) is 0 Å². The van der Waals surface area contributed by atoms with Gasteiger partial charge in [-0.25, -0.2) is 15.0 Å². The highest BCUT2D eigenvalue weighted by Gasteiger charge is 2.19. The molecule has 6 nitrogen and oxygen atoms in total. The number of aryl methyl sites for hydroxylation is 2. The van der Waals surface area contributed by atoms with E-state index in [2.05, 4.69) is 86.4 Å². The predicted molar refractivity (Wildman–Crippen MR) is 127 cm³/mol. The summed E-state index contributed by atoms with van der Waals surface area (Å²) in [4.78, 5) is 19.2. The van der Waals surface area contributed by atoms with Crippen LogP contribution in [0.5, 0.6) is 5.75 Å². The standard InChI is InChI=1S/C26H23N5O/c1-16-3-6-22-21(11-16)26(28-15-27-22)31-9-10-32-25-8-5-18(12-20(25)14-31)19-4-7-23-24(13-19)30-17(2)29-23/h3-8,11-13,15H,9-10,14H2,1-2H3,(H,29,30). The smallest absolute Gasteiger partial charge is 0.140 e. The molecular weight excluding hydrogens is 398 g/mol. The number of rotatable bonds is 2. The van der Waals surface area contributed by atoms with E-state index in [1.807, 2.05) is 6.92 Å². The molecule has 1 N–H and O–H groups in total. The van der Waals surface area contributed by atoms with Crippen molar-refractivity contribution in [1.82, 2.24) is 19.9 Å². The van der Waals surface area contributed by atoms with Crippen LogP contribution < -0.4 is 9.64 Å². The van der Waals surface area contributed by atoms with Crippen LogP contribution in [-0.2, 0) is 6.54 Å². The Bertz CT molecular complexity index is 1470. The van der Waals surface area contributed by atoms with Crippen LogP contribution in [0, 0.1) is 13.8 Å². The minimum absolute atomic E-state index is 0.614. The van der Waals surface area contributed by atoms with Crippen LogP contribution in [-0.4, -0.2) is 33.1 Å². The first-order valence-corrected chi connectivity index (χ1v) is 10.8. The molecule has 1 aliphatic heterocycles. The second-order valence-corrected chi connectivity index (χ2v) is 8.36. The van der Waals surface area contributed by atoms with Gasteiger partial charge in [0.15, 0.2) is 0 Å². The Labute approximate surface area is 185 Å². The van der Waals surface area contributed by atoms with Crippen LogP contribution in [0.2, 0.25) is 0 Å². The molecule has 0 atom stereocenters. The number of imidazole rings is 1. The molecule has 6 rings (SSSR count). The third-order valence-corrected chi connectivity index (χ3v) is 6.04. The zero-order valence-corrected chi connectivity index (χ0v) is 18.1. The van der Waals surface area contributed by atoms with Crippen molar-refractivity contribution < 1.29 is 4.74 Å². The van der Waals surface area contributed by atoms with E-state index in [9.17, 15) is 0 Å². The van der Waals surface area contributed by atoms with Gasteiger partial charge >= 0.3 is 0 Å². The predicted octanol–water partition coefficient (Wildman–Crippen LogP) is 5.19. The van der Waals surface area contributed by atoms with Gasteiger partial charge in [0.1, 0.15) is 30.3 Å². The van der Waals surface area contributed by atoms with Crippen LogP contribution in [0.3, 0.4) is 0 Å². The van der Waals surface area contributed by atoms with Crippen molar-refractivity contribution >= 4 is 27.8 Å². The largest absolute Gasteiger partial charge is 0.491 e. The molecule has 32 heavy (non-hydrogen) atoms. The average molecular weight is 422 g/mol. The number of ether oxygens (including phenoxy) is 1. The number of aromatic nitrogens is 4. The van der Waals surface area contributed by atoms with E-state index in [0.717, 1.165) is 69.1 Å². The summed E-state index contributed by atoms with van der Waals surface area (Å²) in [5.41, 5.74) is 7.67. The quantitative estimate of drug-likeness (QED) is 0.425. The molecule has 0 spiro atoms. The lowest BCUT2D eigenvalue weighted by Gasteiger charge is -2.22. The second kappa shape index (κ2) is 7.34. The molecule has 6 heteroatoms. The van der Waals surface area contributed by atoms with Gasteiger partial charge in [0.25, 0.3) is 0 Å². The number of hydrogen-bond acceptors (Lipinski definition) is 5.